The molecule has 3 aromatic heterocycles. The van der Waals surface area contributed by atoms with Crippen LogP contribution in [0.25, 0.3) is 38.7 Å². The minimum Gasteiger partial charge on any atom is -0.452 e. The van der Waals surface area contributed by atoms with Gasteiger partial charge in [0.05, 0.1) is 11.9 Å². The summed E-state index contributed by atoms with van der Waals surface area (Å²) < 4.78 is 8.10. The smallest absolute Gasteiger partial charge is 0.180 e. The van der Waals surface area contributed by atoms with Crippen LogP contribution in [0.4, 0.5) is 0 Å². The normalized spacial score (nSPS) is 11.8. The Bertz CT molecular complexity index is 1220. The zero-order valence-corrected chi connectivity index (χ0v) is 13.4. The molecule has 5 aromatic rings. The third-order valence-corrected chi connectivity index (χ3v) is 4.47. The second-order valence-electron chi connectivity index (χ2n) is 6.13. The summed E-state index contributed by atoms with van der Waals surface area (Å²) in [5.74, 6) is 0. The van der Waals surface area contributed by atoms with E-state index in [9.17, 15) is 0 Å². The Morgan fingerprint density at radius 3 is 2.62 bits per heavy atom. The molecule has 0 amide bonds. The fraction of sp³-hybridized carbons (Fsp3) is 0.100. The molecule has 4 nitrogen and oxygen atoms in total. The van der Waals surface area contributed by atoms with E-state index in [4.69, 9.17) is 9.40 Å². The summed E-state index contributed by atoms with van der Waals surface area (Å²) in [5, 5.41) is 6.65. The molecular formula is C20H15N3O. The van der Waals surface area contributed by atoms with Crippen LogP contribution in [0.2, 0.25) is 0 Å². The Labute approximate surface area is 138 Å². The van der Waals surface area contributed by atoms with Crippen molar-refractivity contribution >= 4 is 33.0 Å². The fourth-order valence-electron chi connectivity index (χ4n) is 3.29. The molecule has 0 unspecified atom stereocenters. The molecule has 0 saturated heterocycles. The van der Waals surface area contributed by atoms with Gasteiger partial charge in [0.2, 0.25) is 0 Å². The lowest BCUT2D eigenvalue weighted by Crippen LogP contribution is -1.96. The number of pyridine rings is 1. The van der Waals surface area contributed by atoms with E-state index in [1.807, 2.05) is 54.2 Å². The van der Waals surface area contributed by atoms with Gasteiger partial charge in [0.15, 0.2) is 5.58 Å². The van der Waals surface area contributed by atoms with Gasteiger partial charge in [0.25, 0.3) is 0 Å². The highest BCUT2D eigenvalue weighted by Gasteiger charge is 2.18. The number of benzene rings is 2. The maximum Gasteiger partial charge on any atom is 0.180 e. The van der Waals surface area contributed by atoms with Crippen LogP contribution in [0.15, 0.2) is 59.1 Å². The highest BCUT2D eigenvalue weighted by atomic mass is 16.3. The van der Waals surface area contributed by atoms with Gasteiger partial charge in [-0.15, -0.1) is 0 Å². The minimum atomic E-state index is 0.789. The highest BCUT2D eigenvalue weighted by Crippen LogP contribution is 2.35. The van der Waals surface area contributed by atoms with Crippen LogP contribution in [0.3, 0.4) is 0 Å². The van der Waals surface area contributed by atoms with Gasteiger partial charge in [0.1, 0.15) is 16.6 Å². The maximum absolute atomic E-state index is 6.17. The van der Waals surface area contributed by atoms with Crippen LogP contribution in [0, 0.1) is 13.8 Å². The van der Waals surface area contributed by atoms with Crippen LogP contribution in [0.5, 0.6) is 0 Å². The van der Waals surface area contributed by atoms with Gasteiger partial charge in [-0.3, -0.25) is 0 Å². The monoisotopic (exact) mass is 313 g/mol. The lowest BCUT2D eigenvalue weighted by Gasteiger charge is -2.04. The fourth-order valence-corrected chi connectivity index (χ4v) is 3.29. The average Bonchev–Trinajstić information content (AvgIpc) is 3.18. The van der Waals surface area contributed by atoms with Crippen molar-refractivity contribution in [3.63, 3.8) is 0 Å². The van der Waals surface area contributed by atoms with E-state index in [0.717, 1.165) is 44.4 Å². The van der Waals surface area contributed by atoms with Gasteiger partial charge in [0, 0.05) is 16.5 Å². The second kappa shape index (κ2) is 4.68. The van der Waals surface area contributed by atoms with Crippen LogP contribution in [-0.4, -0.2) is 14.8 Å². The van der Waals surface area contributed by atoms with E-state index >= 15 is 0 Å². The van der Waals surface area contributed by atoms with Crippen molar-refractivity contribution < 1.29 is 4.42 Å². The van der Waals surface area contributed by atoms with Gasteiger partial charge in [-0.05, 0) is 38.1 Å². The third-order valence-electron chi connectivity index (χ3n) is 4.47. The molecule has 116 valence electrons. The van der Waals surface area contributed by atoms with Crippen LogP contribution < -0.4 is 0 Å². The first kappa shape index (κ1) is 13.3. The van der Waals surface area contributed by atoms with E-state index in [1.165, 1.54) is 5.56 Å². The average molecular weight is 313 g/mol. The summed E-state index contributed by atoms with van der Waals surface area (Å²) >= 11 is 0. The van der Waals surface area contributed by atoms with E-state index in [2.05, 4.69) is 24.2 Å². The molecule has 0 radical (unpaired) electrons. The van der Waals surface area contributed by atoms with Crippen molar-refractivity contribution in [3.8, 4) is 5.69 Å². The molecule has 0 saturated carbocycles. The number of nitrogens with zero attached hydrogens (tertiary/aromatic N) is 3. The van der Waals surface area contributed by atoms with E-state index < -0.39 is 0 Å². The van der Waals surface area contributed by atoms with Crippen molar-refractivity contribution in [2.45, 2.75) is 13.8 Å². The second-order valence-corrected chi connectivity index (χ2v) is 6.13. The predicted molar refractivity (Wildman–Crippen MR) is 95.6 cm³/mol. The summed E-state index contributed by atoms with van der Waals surface area (Å²) in [6, 6.07) is 16.3. The standard InChI is InChI=1S/C20H15N3O/c1-12-8-9-17-15(10-12)18-20(24-17)19-16(13(2)22-18)11-21-23(19)14-6-4-3-5-7-14/h3-11H,1-2H3. The Kier molecular flexibility index (Phi) is 2.59. The maximum atomic E-state index is 6.17. The summed E-state index contributed by atoms with van der Waals surface area (Å²) in [6.07, 6.45) is 1.86. The molecule has 2 aromatic carbocycles. The molecular weight excluding hydrogens is 298 g/mol. The number of fused-ring (bicyclic) bond motifs is 5. The SMILES string of the molecule is Cc1ccc2oc3c(nc(C)c4cnn(-c5ccccc5)c43)c2c1. The van der Waals surface area contributed by atoms with Crippen molar-refractivity contribution in [2.24, 2.45) is 0 Å². The Hall–Kier alpha value is -3.14. The largest absolute Gasteiger partial charge is 0.452 e. The van der Waals surface area contributed by atoms with E-state index in [-0.39, 0.29) is 0 Å². The van der Waals surface area contributed by atoms with Crippen molar-refractivity contribution in [1.29, 1.82) is 0 Å². The number of para-hydroxylation sites is 1. The van der Waals surface area contributed by atoms with Crippen molar-refractivity contribution in [1.82, 2.24) is 14.8 Å². The molecule has 0 aliphatic heterocycles. The van der Waals surface area contributed by atoms with Crippen LogP contribution >= 0.6 is 0 Å². The molecule has 4 heteroatoms. The Balaban J connectivity index is 1.99. The minimum absolute atomic E-state index is 0.789. The zero-order chi connectivity index (χ0) is 16.3. The number of rotatable bonds is 1. The molecule has 0 atom stereocenters. The number of furan rings is 1. The van der Waals surface area contributed by atoms with Crippen LogP contribution in [-0.2, 0) is 0 Å². The lowest BCUT2D eigenvalue weighted by molar-refractivity contribution is 0.669. The molecule has 0 aliphatic rings. The molecule has 24 heavy (non-hydrogen) atoms. The summed E-state index contributed by atoms with van der Waals surface area (Å²) in [6.45, 7) is 4.10. The van der Waals surface area contributed by atoms with Gasteiger partial charge < -0.3 is 4.42 Å². The van der Waals surface area contributed by atoms with Gasteiger partial charge in [-0.25, -0.2) is 9.67 Å². The number of aryl methyl sites for hydroxylation is 2. The number of hydrogen-bond donors (Lipinski definition) is 0. The quantitative estimate of drug-likeness (QED) is 0.440. The highest BCUT2D eigenvalue weighted by molar-refractivity contribution is 6.12. The molecule has 0 fully saturated rings. The number of aromatic nitrogens is 3. The first-order valence-corrected chi connectivity index (χ1v) is 7.95. The topological polar surface area (TPSA) is 43.9 Å². The molecule has 0 spiro atoms. The van der Waals surface area contributed by atoms with Crippen LogP contribution in [0.1, 0.15) is 11.3 Å². The first-order chi connectivity index (χ1) is 11.7. The predicted octanol–water partition coefficient (Wildman–Crippen LogP) is 4.94. The molecule has 0 N–H and O–H groups in total. The van der Waals surface area contributed by atoms with Crippen molar-refractivity contribution in [3.05, 3.63) is 66.0 Å². The first-order valence-electron chi connectivity index (χ1n) is 7.95. The molecule has 5 rings (SSSR count). The Morgan fingerprint density at radius 2 is 1.79 bits per heavy atom. The molecule has 0 aliphatic carbocycles. The third kappa shape index (κ3) is 1.74. The number of hydrogen-bond acceptors (Lipinski definition) is 3. The summed E-state index contributed by atoms with van der Waals surface area (Å²) in [7, 11) is 0. The van der Waals surface area contributed by atoms with Gasteiger partial charge >= 0.3 is 0 Å². The summed E-state index contributed by atoms with van der Waals surface area (Å²) in [4.78, 5) is 4.79. The lowest BCUT2D eigenvalue weighted by atomic mass is 10.1. The van der Waals surface area contributed by atoms with Gasteiger partial charge in [-0.1, -0.05) is 29.8 Å². The van der Waals surface area contributed by atoms with Crippen molar-refractivity contribution in [2.75, 3.05) is 0 Å². The van der Waals surface area contributed by atoms with E-state index in [0.29, 0.717) is 0 Å². The van der Waals surface area contributed by atoms with E-state index in [1.54, 1.807) is 0 Å². The zero-order valence-electron chi connectivity index (χ0n) is 13.4. The van der Waals surface area contributed by atoms with Gasteiger partial charge in [-0.2, -0.15) is 5.10 Å². The molecule has 0 bridgehead atoms. The molecule has 3 heterocycles. The Morgan fingerprint density at radius 1 is 0.958 bits per heavy atom. The summed E-state index contributed by atoms with van der Waals surface area (Å²) in [5.41, 5.74) is 6.68.